The Hall–Kier alpha value is -4.08. The Morgan fingerprint density at radius 1 is 0.976 bits per heavy atom. The van der Waals surface area contributed by atoms with Crippen molar-refractivity contribution in [1.82, 2.24) is 9.31 Å². The van der Waals surface area contributed by atoms with E-state index in [1.807, 2.05) is 60.7 Å². The Labute approximate surface area is 247 Å². The van der Waals surface area contributed by atoms with Gasteiger partial charge in [0.2, 0.25) is 10.0 Å². The van der Waals surface area contributed by atoms with Crippen LogP contribution < -0.4 is 0 Å². The van der Waals surface area contributed by atoms with Crippen LogP contribution in [-0.4, -0.2) is 55.0 Å². The van der Waals surface area contributed by atoms with Crippen LogP contribution in [0.15, 0.2) is 100 Å². The molecule has 1 amide bonds. The van der Waals surface area contributed by atoms with Crippen molar-refractivity contribution in [3.05, 3.63) is 107 Å². The Morgan fingerprint density at radius 2 is 1.67 bits per heavy atom. The van der Waals surface area contributed by atoms with Crippen molar-refractivity contribution in [2.75, 3.05) is 19.7 Å². The Morgan fingerprint density at radius 3 is 2.36 bits per heavy atom. The fourth-order valence-corrected chi connectivity index (χ4v) is 7.22. The van der Waals surface area contributed by atoms with Crippen molar-refractivity contribution >= 4 is 33.7 Å². The van der Waals surface area contributed by atoms with E-state index in [0.717, 1.165) is 41.7 Å². The zero-order valence-electron chi connectivity index (χ0n) is 23.8. The summed E-state index contributed by atoms with van der Waals surface area (Å²) < 4.78 is 32.6. The lowest BCUT2D eigenvalue weighted by molar-refractivity contribution is -0.137. The molecule has 1 aliphatic carbocycles. The average Bonchev–Trinajstić information content (AvgIpc) is 3.42. The van der Waals surface area contributed by atoms with Gasteiger partial charge in [0.25, 0.3) is 5.91 Å². The van der Waals surface area contributed by atoms with Gasteiger partial charge in [0.1, 0.15) is 0 Å². The number of hydrogen-bond donors (Lipinski definition) is 0. The van der Waals surface area contributed by atoms with Gasteiger partial charge in [0, 0.05) is 19.0 Å². The van der Waals surface area contributed by atoms with Crippen molar-refractivity contribution in [2.45, 2.75) is 44.0 Å². The summed E-state index contributed by atoms with van der Waals surface area (Å²) in [5, 5.41) is 6.30. The second-order valence-corrected chi connectivity index (χ2v) is 12.3. The van der Waals surface area contributed by atoms with E-state index >= 15 is 0 Å². The molecule has 2 aliphatic rings. The lowest BCUT2D eigenvalue weighted by Gasteiger charge is -2.29. The van der Waals surface area contributed by atoms with Crippen LogP contribution >= 0.6 is 0 Å². The summed E-state index contributed by atoms with van der Waals surface area (Å²) in [5.41, 5.74) is 4.11. The van der Waals surface area contributed by atoms with E-state index in [1.165, 1.54) is 33.6 Å². The van der Waals surface area contributed by atoms with Crippen LogP contribution in [0.4, 0.5) is 0 Å². The second-order valence-electron chi connectivity index (χ2n) is 10.4. The highest BCUT2D eigenvalue weighted by atomic mass is 32.2. The largest absolute Gasteiger partial charge is 0.452 e. The van der Waals surface area contributed by atoms with E-state index in [0.29, 0.717) is 13.1 Å². The van der Waals surface area contributed by atoms with Crippen LogP contribution in [0, 0.1) is 5.92 Å². The number of esters is 1. The van der Waals surface area contributed by atoms with Gasteiger partial charge in [-0.3, -0.25) is 4.79 Å². The number of sulfonamides is 1. The first-order chi connectivity index (χ1) is 20.3. The highest BCUT2D eigenvalue weighted by molar-refractivity contribution is 7.89. The molecule has 0 aromatic heterocycles. The Bertz CT molecular complexity index is 1600. The minimum atomic E-state index is -3.75. The van der Waals surface area contributed by atoms with Crippen LogP contribution in [0.2, 0.25) is 0 Å². The van der Waals surface area contributed by atoms with E-state index in [9.17, 15) is 18.0 Å². The number of carbonyl (C=O) groups excluding carboxylic acids is 2. The summed E-state index contributed by atoms with van der Waals surface area (Å²) in [5.74, 6) is -1.19. The smallest absolute Gasteiger partial charge is 0.338 e. The Kier molecular flexibility index (Phi) is 8.99. The molecular formula is C33H35N3O5S. The molecule has 0 bridgehead atoms. The fourth-order valence-electron chi connectivity index (χ4n) is 5.71. The monoisotopic (exact) mass is 585 g/mol. The molecule has 218 valence electrons. The summed E-state index contributed by atoms with van der Waals surface area (Å²) in [4.78, 5) is 26.6. The lowest BCUT2D eigenvalue weighted by atomic mass is 9.77. The van der Waals surface area contributed by atoms with Gasteiger partial charge in [-0.2, -0.15) is 9.41 Å². The maximum Gasteiger partial charge on any atom is 0.338 e. The van der Waals surface area contributed by atoms with Gasteiger partial charge in [0.05, 0.1) is 22.2 Å². The normalized spacial score (nSPS) is 19.5. The first-order valence-corrected chi connectivity index (χ1v) is 15.8. The number of allylic oxidation sites excluding steroid dienone is 1. The number of hydrogen-bond acceptors (Lipinski definition) is 6. The SMILES string of the molecule is CCN(CC)S(=O)(=O)c1cccc(C(=O)OCC(=O)N2N=C3C(=Cc4ccccc4)CCCC3C2c2ccccc2)c1. The molecular weight excluding hydrogens is 550 g/mol. The predicted molar refractivity (Wildman–Crippen MR) is 162 cm³/mol. The van der Waals surface area contributed by atoms with Gasteiger partial charge < -0.3 is 4.74 Å². The van der Waals surface area contributed by atoms with Gasteiger partial charge in [-0.05, 0) is 60.2 Å². The zero-order chi connectivity index (χ0) is 29.7. The third-order valence-corrected chi connectivity index (χ3v) is 9.82. The number of ether oxygens (including phenoxy) is 1. The van der Waals surface area contributed by atoms with E-state index in [1.54, 1.807) is 13.8 Å². The maximum atomic E-state index is 13.6. The third kappa shape index (κ3) is 6.07. The van der Waals surface area contributed by atoms with E-state index in [4.69, 9.17) is 9.84 Å². The molecule has 0 N–H and O–H groups in total. The zero-order valence-corrected chi connectivity index (χ0v) is 24.7. The molecule has 1 aliphatic heterocycles. The van der Waals surface area contributed by atoms with Crippen molar-refractivity contribution in [2.24, 2.45) is 11.0 Å². The van der Waals surface area contributed by atoms with Gasteiger partial charge in [-0.1, -0.05) is 80.6 Å². The lowest BCUT2D eigenvalue weighted by Crippen LogP contribution is -2.34. The van der Waals surface area contributed by atoms with Gasteiger partial charge in [-0.25, -0.2) is 18.2 Å². The van der Waals surface area contributed by atoms with E-state index in [-0.39, 0.29) is 22.4 Å². The highest BCUT2D eigenvalue weighted by Crippen LogP contribution is 2.44. The van der Waals surface area contributed by atoms with Crippen molar-refractivity contribution in [3.8, 4) is 0 Å². The highest BCUT2D eigenvalue weighted by Gasteiger charge is 2.43. The molecule has 8 nitrogen and oxygen atoms in total. The predicted octanol–water partition coefficient (Wildman–Crippen LogP) is 5.70. The van der Waals surface area contributed by atoms with Crippen molar-refractivity contribution < 1.29 is 22.7 Å². The maximum absolute atomic E-state index is 13.6. The second kappa shape index (κ2) is 12.8. The van der Waals surface area contributed by atoms with Crippen molar-refractivity contribution in [1.29, 1.82) is 0 Å². The van der Waals surface area contributed by atoms with E-state index in [2.05, 4.69) is 6.08 Å². The molecule has 0 radical (unpaired) electrons. The Balaban J connectivity index is 1.38. The minimum Gasteiger partial charge on any atom is -0.452 e. The number of nitrogens with zero attached hydrogens (tertiary/aromatic N) is 3. The molecule has 2 unspecified atom stereocenters. The number of carbonyl (C=O) groups is 2. The average molecular weight is 586 g/mol. The summed E-state index contributed by atoms with van der Waals surface area (Å²) in [6.45, 7) is 3.62. The first kappa shape index (κ1) is 29.4. The summed E-state index contributed by atoms with van der Waals surface area (Å²) in [6.07, 6.45) is 4.88. The summed E-state index contributed by atoms with van der Waals surface area (Å²) >= 11 is 0. The van der Waals surface area contributed by atoms with Crippen LogP contribution in [0.5, 0.6) is 0 Å². The van der Waals surface area contributed by atoms with E-state index < -0.39 is 28.5 Å². The fraction of sp³-hybridized carbons (Fsp3) is 0.303. The molecule has 42 heavy (non-hydrogen) atoms. The molecule has 1 heterocycles. The van der Waals surface area contributed by atoms with Crippen LogP contribution in [0.3, 0.4) is 0 Å². The van der Waals surface area contributed by atoms with Gasteiger partial charge in [-0.15, -0.1) is 0 Å². The molecule has 5 rings (SSSR count). The standard InChI is InChI=1S/C33H35N3O5S/c1-3-35(4-2)42(39,40)28-19-11-18-27(22-28)33(38)41-23-30(37)36-32(25-15-9-6-10-16-25)29-20-12-17-26(31(29)34-36)21-24-13-7-5-8-14-24/h5-11,13-16,18-19,21-22,29,32H,3-4,12,17,20,23H2,1-2H3. The summed E-state index contributed by atoms with van der Waals surface area (Å²) in [7, 11) is -3.75. The molecule has 3 aromatic rings. The van der Waals surface area contributed by atoms with Crippen LogP contribution in [0.1, 0.15) is 60.6 Å². The van der Waals surface area contributed by atoms with Crippen LogP contribution in [0.25, 0.3) is 6.08 Å². The quantitative estimate of drug-likeness (QED) is 0.300. The molecule has 0 saturated heterocycles. The van der Waals surface area contributed by atoms with Crippen molar-refractivity contribution in [3.63, 3.8) is 0 Å². The number of rotatable bonds is 9. The molecule has 1 saturated carbocycles. The number of amides is 1. The van der Waals surface area contributed by atoms with Crippen LogP contribution in [-0.2, 0) is 19.6 Å². The third-order valence-electron chi connectivity index (χ3n) is 7.78. The van der Waals surface area contributed by atoms with Gasteiger partial charge in [0.15, 0.2) is 6.61 Å². The number of benzene rings is 3. The van der Waals surface area contributed by atoms with Gasteiger partial charge >= 0.3 is 5.97 Å². The first-order valence-electron chi connectivity index (χ1n) is 14.3. The minimum absolute atomic E-state index is 0.00358. The summed E-state index contributed by atoms with van der Waals surface area (Å²) in [6, 6.07) is 25.3. The molecule has 9 heteroatoms. The molecule has 1 fully saturated rings. The molecule has 2 atom stereocenters. The number of fused-ring (bicyclic) bond motifs is 1. The topological polar surface area (TPSA) is 96.3 Å². The molecule has 3 aromatic carbocycles. The number of hydrazone groups is 1. The molecule has 0 spiro atoms.